The number of rotatable bonds is 5. The molecule has 2 aliphatic heterocycles. The number of hydrogen-bond donors (Lipinski definition) is 1. The summed E-state index contributed by atoms with van der Waals surface area (Å²) in [6.45, 7) is 4.66. The van der Waals surface area contributed by atoms with Gasteiger partial charge < -0.3 is 14.8 Å². The summed E-state index contributed by atoms with van der Waals surface area (Å²) >= 11 is 14.1. The molecule has 0 saturated carbocycles. The molecule has 1 saturated heterocycles. The van der Waals surface area contributed by atoms with Crippen LogP contribution in [0.2, 0.25) is 10.0 Å². The molecule has 2 aliphatic rings. The van der Waals surface area contributed by atoms with Crippen molar-refractivity contribution in [1.82, 2.24) is 15.2 Å². The number of aliphatic imine (C=N–C) groups is 1. The van der Waals surface area contributed by atoms with E-state index in [4.69, 9.17) is 37.7 Å². The summed E-state index contributed by atoms with van der Waals surface area (Å²) in [4.78, 5) is 24.4. The Morgan fingerprint density at radius 1 is 1.42 bits per heavy atom. The summed E-state index contributed by atoms with van der Waals surface area (Å²) in [6, 6.07) is 4.74. The molecule has 1 aromatic heterocycles. The second-order valence-electron chi connectivity index (χ2n) is 7.29. The molecule has 0 spiro atoms. The van der Waals surface area contributed by atoms with Crippen LogP contribution in [-0.2, 0) is 14.3 Å². The number of morpholine rings is 1. The Kier molecular flexibility index (Phi) is 6.93. The summed E-state index contributed by atoms with van der Waals surface area (Å²) in [5.41, 5.74) is 1.82. The first-order valence-electron chi connectivity index (χ1n) is 9.80. The van der Waals surface area contributed by atoms with E-state index in [2.05, 4.69) is 22.1 Å². The van der Waals surface area contributed by atoms with Gasteiger partial charge in [-0.1, -0.05) is 29.3 Å². The van der Waals surface area contributed by atoms with E-state index in [1.165, 1.54) is 18.4 Å². The highest BCUT2D eigenvalue weighted by Crippen LogP contribution is 2.37. The monoisotopic (exact) mass is 480 g/mol. The Labute approximate surface area is 194 Å². The topological polar surface area (TPSA) is 76.0 Å². The van der Waals surface area contributed by atoms with Crippen molar-refractivity contribution in [2.45, 2.75) is 19.0 Å². The van der Waals surface area contributed by atoms with Crippen LogP contribution in [0.5, 0.6) is 0 Å². The largest absolute Gasteiger partial charge is 0.466 e. The molecule has 1 N–H and O–H groups in total. The lowest BCUT2D eigenvalue weighted by atomic mass is 9.95. The highest BCUT2D eigenvalue weighted by Gasteiger charge is 2.35. The number of benzene rings is 1. The molecule has 2 atom stereocenters. The number of halogens is 2. The first-order chi connectivity index (χ1) is 15.0. The highest BCUT2D eigenvalue weighted by atomic mass is 35.5. The smallest absolute Gasteiger partial charge is 0.338 e. The fraction of sp³-hybridized carbons (Fsp3) is 0.381. The van der Waals surface area contributed by atoms with E-state index in [-0.39, 0.29) is 6.04 Å². The first-order valence-corrected chi connectivity index (χ1v) is 11.4. The molecule has 0 amide bonds. The molecule has 0 bridgehead atoms. The van der Waals surface area contributed by atoms with E-state index in [1.54, 1.807) is 24.4 Å². The molecule has 7 nitrogen and oxygen atoms in total. The number of esters is 1. The van der Waals surface area contributed by atoms with E-state index in [0.717, 1.165) is 17.2 Å². The van der Waals surface area contributed by atoms with Crippen LogP contribution in [0.3, 0.4) is 0 Å². The number of methoxy groups -OCH3 is 1. The van der Waals surface area contributed by atoms with Crippen LogP contribution >= 0.6 is 34.5 Å². The third-order valence-corrected chi connectivity index (χ3v) is 6.63. The summed E-state index contributed by atoms with van der Waals surface area (Å²) < 4.78 is 10.7. The summed E-state index contributed by atoms with van der Waals surface area (Å²) in [7, 11) is 1.37. The van der Waals surface area contributed by atoms with Crippen molar-refractivity contribution in [2.24, 2.45) is 4.99 Å². The SMILES string of the molecule is COC(=O)C1=C(CN2CCOCC2C)NC(c2nccs2)=NC1c1ccc(Cl)cc1Cl. The molecule has 0 radical (unpaired) electrons. The number of carbonyl (C=O) groups is 1. The maximum Gasteiger partial charge on any atom is 0.338 e. The van der Waals surface area contributed by atoms with Crippen molar-refractivity contribution in [3.63, 3.8) is 0 Å². The molecular weight excluding hydrogens is 459 g/mol. The average Bonchev–Trinajstić information content (AvgIpc) is 3.29. The zero-order valence-corrected chi connectivity index (χ0v) is 19.4. The zero-order chi connectivity index (χ0) is 22.0. The van der Waals surface area contributed by atoms with E-state index < -0.39 is 12.0 Å². The molecule has 164 valence electrons. The minimum absolute atomic E-state index is 0.210. The number of ether oxygens (including phenoxy) is 2. The van der Waals surface area contributed by atoms with Crippen molar-refractivity contribution in [2.75, 3.05) is 33.4 Å². The van der Waals surface area contributed by atoms with Crippen LogP contribution in [0.1, 0.15) is 23.5 Å². The molecule has 1 fully saturated rings. The lowest BCUT2D eigenvalue weighted by Gasteiger charge is -2.36. The molecule has 4 rings (SSSR count). The normalized spacial score (nSPS) is 22.1. The first kappa shape index (κ1) is 22.2. The molecule has 3 heterocycles. The summed E-state index contributed by atoms with van der Waals surface area (Å²) in [6.07, 6.45) is 1.72. The Bertz CT molecular complexity index is 1030. The van der Waals surface area contributed by atoms with Crippen molar-refractivity contribution in [1.29, 1.82) is 0 Å². The van der Waals surface area contributed by atoms with Crippen molar-refractivity contribution >= 4 is 46.3 Å². The van der Waals surface area contributed by atoms with Gasteiger partial charge in [-0.05, 0) is 19.1 Å². The van der Waals surface area contributed by atoms with Gasteiger partial charge in [-0.2, -0.15) is 0 Å². The van der Waals surface area contributed by atoms with Gasteiger partial charge in [-0.15, -0.1) is 11.3 Å². The van der Waals surface area contributed by atoms with Gasteiger partial charge in [-0.25, -0.2) is 9.78 Å². The Morgan fingerprint density at radius 2 is 2.26 bits per heavy atom. The van der Waals surface area contributed by atoms with Gasteiger partial charge >= 0.3 is 5.97 Å². The number of nitrogens with zero attached hydrogens (tertiary/aromatic N) is 3. The molecule has 10 heteroatoms. The molecule has 31 heavy (non-hydrogen) atoms. The maximum absolute atomic E-state index is 12.9. The minimum atomic E-state index is -0.649. The molecule has 2 aromatic rings. The Morgan fingerprint density at radius 3 is 2.94 bits per heavy atom. The predicted octanol–water partition coefficient (Wildman–Crippen LogP) is 3.69. The summed E-state index contributed by atoms with van der Waals surface area (Å²) in [5, 5.41) is 6.90. The Balaban J connectivity index is 1.82. The standard InChI is InChI=1S/C21H22Cl2N4O3S/c1-12-11-30-7-6-27(12)10-16-17(21(28)29-2)18(14-4-3-13(22)9-15(14)23)26-19(25-16)20-24-5-8-31-20/h3-5,8-9,12,18H,6-7,10-11H2,1-2H3,(H,25,26). The van der Waals surface area contributed by atoms with Crippen LogP contribution in [0.25, 0.3) is 0 Å². The van der Waals surface area contributed by atoms with Crippen LogP contribution < -0.4 is 5.32 Å². The van der Waals surface area contributed by atoms with Gasteiger partial charge in [0.15, 0.2) is 10.8 Å². The molecule has 2 unspecified atom stereocenters. The second kappa shape index (κ2) is 9.67. The third kappa shape index (κ3) is 4.78. The van der Waals surface area contributed by atoms with E-state index in [0.29, 0.717) is 46.8 Å². The molecule has 1 aromatic carbocycles. The van der Waals surface area contributed by atoms with E-state index in [1.807, 2.05) is 5.38 Å². The number of thiazole rings is 1. The number of hydrogen-bond acceptors (Lipinski definition) is 8. The average molecular weight is 481 g/mol. The van der Waals surface area contributed by atoms with Crippen LogP contribution in [-0.4, -0.2) is 61.1 Å². The predicted molar refractivity (Wildman–Crippen MR) is 122 cm³/mol. The fourth-order valence-corrected chi connectivity index (χ4v) is 4.77. The lowest BCUT2D eigenvalue weighted by molar-refractivity contribution is -0.136. The van der Waals surface area contributed by atoms with Crippen LogP contribution in [0, 0.1) is 0 Å². The third-order valence-electron chi connectivity index (χ3n) is 5.29. The van der Waals surface area contributed by atoms with Gasteiger partial charge in [0.1, 0.15) is 6.04 Å². The minimum Gasteiger partial charge on any atom is -0.466 e. The highest BCUT2D eigenvalue weighted by molar-refractivity contribution is 7.11. The van der Waals surface area contributed by atoms with Crippen molar-refractivity contribution < 1.29 is 14.3 Å². The molecular formula is C21H22Cl2N4O3S. The zero-order valence-electron chi connectivity index (χ0n) is 17.1. The van der Waals surface area contributed by atoms with Gasteiger partial charge in [0.25, 0.3) is 0 Å². The lowest BCUT2D eigenvalue weighted by Crippen LogP contribution is -2.47. The molecule has 0 aliphatic carbocycles. The Hall–Kier alpha value is -1.97. The van der Waals surface area contributed by atoms with Gasteiger partial charge in [0.05, 0.1) is 25.9 Å². The number of carbonyl (C=O) groups excluding carboxylic acids is 1. The van der Waals surface area contributed by atoms with Crippen molar-refractivity contribution in [3.8, 4) is 0 Å². The van der Waals surface area contributed by atoms with Crippen LogP contribution in [0.15, 0.2) is 46.0 Å². The quantitative estimate of drug-likeness (QED) is 0.657. The fourth-order valence-electron chi connectivity index (χ4n) is 3.67. The maximum atomic E-state index is 12.9. The van der Waals surface area contributed by atoms with Crippen LogP contribution in [0.4, 0.5) is 0 Å². The number of aromatic nitrogens is 1. The summed E-state index contributed by atoms with van der Waals surface area (Å²) in [5.74, 6) is 0.135. The van der Waals surface area contributed by atoms with Gasteiger partial charge in [0, 0.05) is 52.0 Å². The van der Waals surface area contributed by atoms with E-state index in [9.17, 15) is 4.79 Å². The van der Waals surface area contributed by atoms with Gasteiger partial charge in [0.2, 0.25) is 0 Å². The number of nitrogens with one attached hydrogen (secondary N) is 1. The second-order valence-corrected chi connectivity index (χ2v) is 9.02. The number of amidine groups is 1. The van der Waals surface area contributed by atoms with E-state index >= 15 is 0 Å². The van der Waals surface area contributed by atoms with Gasteiger partial charge in [-0.3, -0.25) is 9.89 Å². The van der Waals surface area contributed by atoms with Crippen molar-refractivity contribution in [3.05, 3.63) is 61.7 Å².